The molecule has 4 nitrogen and oxygen atoms in total. The Kier molecular flexibility index (Phi) is 4.90. The molecule has 2 rings (SSSR count). The molecule has 0 bridgehead atoms. The van der Waals surface area contributed by atoms with E-state index in [4.69, 9.17) is 0 Å². The van der Waals surface area contributed by atoms with Crippen LogP contribution in [-0.4, -0.2) is 56.5 Å². The van der Waals surface area contributed by atoms with Crippen molar-refractivity contribution >= 4 is 9.84 Å². The molecule has 1 aliphatic carbocycles. The average molecular weight is 288 g/mol. The van der Waals surface area contributed by atoms with Crippen LogP contribution in [-0.2, 0) is 9.84 Å². The topological polar surface area (TPSA) is 49.4 Å². The van der Waals surface area contributed by atoms with E-state index in [0.717, 1.165) is 26.1 Å². The zero-order valence-corrected chi connectivity index (χ0v) is 13.1. The molecule has 1 unspecified atom stereocenters. The molecule has 19 heavy (non-hydrogen) atoms. The van der Waals surface area contributed by atoms with Gasteiger partial charge in [-0.25, -0.2) is 8.42 Å². The fourth-order valence-corrected chi connectivity index (χ4v) is 4.14. The summed E-state index contributed by atoms with van der Waals surface area (Å²) < 4.78 is 22.4. The van der Waals surface area contributed by atoms with Crippen LogP contribution in [0, 0.1) is 0 Å². The van der Waals surface area contributed by atoms with Crippen molar-refractivity contribution in [3.05, 3.63) is 0 Å². The van der Waals surface area contributed by atoms with Crippen LogP contribution in [0.1, 0.15) is 45.4 Å². The largest absolute Gasteiger partial charge is 0.308 e. The fourth-order valence-electron chi connectivity index (χ4n) is 3.49. The fraction of sp³-hybridized carbons (Fsp3) is 1.00. The minimum absolute atomic E-state index is 0.315. The van der Waals surface area contributed by atoms with E-state index in [1.807, 2.05) is 0 Å². The SMILES string of the molecule is CC1CNC2(CCCCC2)CN1CCCS(C)(=O)=O. The van der Waals surface area contributed by atoms with E-state index < -0.39 is 9.84 Å². The molecule has 5 heteroatoms. The second kappa shape index (κ2) is 6.10. The Morgan fingerprint density at radius 2 is 1.95 bits per heavy atom. The molecular formula is C14H28N2O2S. The summed E-state index contributed by atoms with van der Waals surface area (Å²) in [5.41, 5.74) is 0.315. The van der Waals surface area contributed by atoms with Gasteiger partial charge in [0.15, 0.2) is 0 Å². The van der Waals surface area contributed by atoms with Crippen LogP contribution in [0.3, 0.4) is 0 Å². The molecule has 112 valence electrons. The molecule has 0 aromatic heterocycles. The maximum absolute atomic E-state index is 11.2. The predicted molar refractivity (Wildman–Crippen MR) is 79.2 cm³/mol. The van der Waals surface area contributed by atoms with Crippen LogP contribution >= 0.6 is 0 Å². The van der Waals surface area contributed by atoms with E-state index in [0.29, 0.717) is 17.3 Å². The third-order valence-corrected chi connectivity index (χ3v) is 5.70. The molecule has 0 amide bonds. The predicted octanol–water partition coefficient (Wildman–Crippen LogP) is 1.42. The van der Waals surface area contributed by atoms with Crippen LogP contribution in [0.5, 0.6) is 0 Å². The summed E-state index contributed by atoms with van der Waals surface area (Å²) in [6, 6.07) is 0.520. The molecule has 1 heterocycles. The molecule has 0 aromatic rings. The summed E-state index contributed by atoms with van der Waals surface area (Å²) >= 11 is 0. The van der Waals surface area contributed by atoms with Gasteiger partial charge >= 0.3 is 0 Å². The van der Waals surface area contributed by atoms with Gasteiger partial charge in [0.1, 0.15) is 9.84 Å². The van der Waals surface area contributed by atoms with Gasteiger partial charge in [-0.05, 0) is 32.7 Å². The first-order chi connectivity index (χ1) is 8.90. The van der Waals surface area contributed by atoms with E-state index in [2.05, 4.69) is 17.1 Å². The number of nitrogens with zero attached hydrogens (tertiary/aromatic N) is 1. The van der Waals surface area contributed by atoms with Gasteiger partial charge in [-0.15, -0.1) is 0 Å². The van der Waals surface area contributed by atoms with Crippen molar-refractivity contribution in [2.24, 2.45) is 0 Å². The minimum Gasteiger partial charge on any atom is -0.308 e. The summed E-state index contributed by atoms with van der Waals surface area (Å²) in [7, 11) is -2.82. The van der Waals surface area contributed by atoms with Crippen LogP contribution in [0.25, 0.3) is 0 Å². The van der Waals surface area contributed by atoms with Crippen molar-refractivity contribution in [2.75, 3.05) is 31.6 Å². The minimum atomic E-state index is -2.82. The third kappa shape index (κ3) is 4.43. The highest BCUT2D eigenvalue weighted by Gasteiger charge is 2.38. The van der Waals surface area contributed by atoms with Gasteiger partial charge in [-0.1, -0.05) is 19.3 Å². The molecule has 0 aromatic carbocycles. The van der Waals surface area contributed by atoms with Crippen LogP contribution < -0.4 is 5.32 Å². The van der Waals surface area contributed by atoms with Crippen molar-refractivity contribution in [2.45, 2.75) is 57.0 Å². The average Bonchev–Trinajstić information content (AvgIpc) is 2.34. The molecule has 0 radical (unpaired) electrons. The molecule has 2 aliphatic rings. The molecule has 1 spiro atoms. The lowest BCUT2D eigenvalue weighted by Gasteiger charge is -2.49. The second-order valence-corrected chi connectivity index (χ2v) is 8.78. The Bertz CT molecular complexity index is 388. The quantitative estimate of drug-likeness (QED) is 0.850. The number of sulfone groups is 1. The number of hydrogen-bond donors (Lipinski definition) is 1. The van der Waals surface area contributed by atoms with Gasteiger partial charge in [-0.2, -0.15) is 0 Å². The number of hydrogen-bond acceptors (Lipinski definition) is 4. The zero-order valence-electron chi connectivity index (χ0n) is 12.3. The highest BCUT2D eigenvalue weighted by molar-refractivity contribution is 7.90. The van der Waals surface area contributed by atoms with Gasteiger partial charge in [0.2, 0.25) is 0 Å². The Morgan fingerprint density at radius 3 is 2.58 bits per heavy atom. The van der Waals surface area contributed by atoms with Crippen LogP contribution in [0.15, 0.2) is 0 Å². The number of piperazine rings is 1. The van der Waals surface area contributed by atoms with Crippen molar-refractivity contribution < 1.29 is 8.42 Å². The van der Waals surface area contributed by atoms with Gasteiger partial charge in [-0.3, -0.25) is 4.90 Å². The maximum atomic E-state index is 11.2. The lowest BCUT2D eigenvalue weighted by atomic mass is 9.79. The Labute approximate surface area is 117 Å². The Morgan fingerprint density at radius 1 is 1.26 bits per heavy atom. The Balaban J connectivity index is 1.87. The normalized spacial score (nSPS) is 28.6. The smallest absolute Gasteiger partial charge is 0.147 e. The first-order valence-electron chi connectivity index (χ1n) is 7.57. The van der Waals surface area contributed by atoms with E-state index in [-0.39, 0.29) is 0 Å². The number of nitrogens with one attached hydrogen (secondary N) is 1. The molecule has 1 aliphatic heterocycles. The van der Waals surface area contributed by atoms with Crippen molar-refractivity contribution in [3.63, 3.8) is 0 Å². The summed E-state index contributed by atoms with van der Waals surface area (Å²) in [5, 5.41) is 3.76. The Hall–Kier alpha value is -0.130. The van der Waals surface area contributed by atoms with Crippen LogP contribution in [0.2, 0.25) is 0 Å². The van der Waals surface area contributed by atoms with Crippen LogP contribution in [0.4, 0.5) is 0 Å². The monoisotopic (exact) mass is 288 g/mol. The molecule has 1 saturated carbocycles. The summed E-state index contributed by atoms with van der Waals surface area (Å²) in [6.07, 6.45) is 8.69. The summed E-state index contributed by atoms with van der Waals surface area (Å²) in [4.78, 5) is 2.49. The molecule has 1 atom stereocenters. The highest BCUT2D eigenvalue weighted by Crippen LogP contribution is 2.31. The first-order valence-corrected chi connectivity index (χ1v) is 9.63. The molecule has 1 saturated heterocycles. The van der Waals surface area contributed by atoms with Gasteiger partial charge < -0.3 is 5.32 Å². The second-order valence-electron chi connectivity index (χ2n) is 6.52. The van der Waals surface area contributed by atoms with E-state index >= 15 is 0 Å². The molecule has 1 N–H and O–H groups in total. The lowest BCUT2D eigenvalue weighted by Crippen LogP contribution is -2.64. The van der Waals surface area contributed by atoms with Crippen molar-refractivity contribution in [1.29, 1.82) is 0 Å². The number of rotatable bonds is 4. The molecular weight excluding hydrogens is 260 g/mol. The lowest BCUT2D eigenvalue weighted by molar-refractivity contribution is 0.0631. The zero-order chi connectivity index (χ0) is 13.9. The van der Waals surface area contributed by atoms with E-state index in [1.165, 1.54) is 38.4 Å². The standard InChI is InChI=1S/C14H28N2O2S/c1-13-11-15-14(7-4-3-5-8-14)12-16(13)9-6-10-19(2,17)18/h13,15H,3-12H2,1-2H3. The third-order valence-electron chi connectivity index (χ3n) is 4.67. The summed E-state index contributed by atoms with van der Waals surface area (Å²) in [5.74, 6) is 0.316. The molecule has 2 fully saturated rings. The van der Waals surface area contributed by atoms with E-state index in [1.54, 1.807) is 0 Å². The van der Waals surface area contributed by atoms with E-state index in [9.17, 15) is 8.42 Å². The summed E-state index contributed by atoms with van der Waals surface area (Å²) in [6.45, 7) is 5.29. The van der Waals surface area contributed by atoms with Gasteiger partial charge in [0.05, 0.1) is 5.75 Å². The van der Waals surface area contributed by atoms with Crippen molar-refractivity contribution in [1.82, 2.24) is 10.2 Å². The first kappa shape index (κ1) is 15.3. The highest BCUT2D eigenvalue weighted by atomic mass is 32.2. The van der Waals surface area contributed by atoms with Gasteiger partial charge in [0.25, 0.3) is 0 Å². The van der Waals surface area contributed by atoms with Gasteiger partial charge in [0, 0.05) is 30.9 Å². The van der Waals surface area contributed by atoms with Crippen molar-refractivity contribution in [3.8, 4) is 0 Å². The maximum Gasteiger partial charge on any atom is 0.147 e.